The Morgan fingerprint density at radius 2 is 1.86 bits per heavy atom. The molecule has 1 aromatic rings. The highest BCUT2D eigenvalue weighted by atomic mass is 79.9. The largest absolute Gasteiger partial charge is 0.478 e. The number of carbonyl (C=O) groups excluding carboxylic acids is 1. The predicted molar refractivity (Wildman–Crippen MR) is 86.8 cm³/mol. The number of nitrogens with one attached hydrogen (secondary N) is 2. The Hall–Kier alpha value is -1.56. The van der Waals surface area contributed by atoms with Crippen LogP contribution in [0.4, 0.5) is 10.5 Å². The van der Waals surface area contributed by atoms with Gasteiger partial charge in [-0.05, 0) is 31.0 Å². The number of rotatable bonds is 6. The molecule has 0 fully saturated rings. The van der Waals surface area contributed by atoms with Crippen LogP contribution in [-0.4, -0.2) is 23.1 Å². The van der Waals surface area contributed by atoms with Crippen LogP contribution in [0.15, 0.2) is 22.7 Å². The second-order valence-electron chi connectivity index (χ2n) is 5.00. The first kappa shape index (κ1) is 17.5. The Bertz CT molecular complexity index is 516. The summed E-state index contributed by atoms with van der Waals surface area (Å²) in [7, 11) is 0. The SMILES string of the molecule is CCC(CC)C(C)NC(=O)Nc1cc(Br)cc(C(=O)O)c1. The van der Waals surface area contributed by atoms with Gasteiger partial charge in [0.05, 0.1) is 5.56 Å². The van der Waals surface area contributed by atoms with Gasteiger partial charge < -0.3 is 15.7 Å². The standard InChI is InChI=1S/C15H21BrN2O3/c1-4-10(5-2)9(3)17-15(21)18-13-7-11(14(19)20)6-12(16)8-13/h6-10H,4-5H2,1-3H3,(H,19,20)(H2,17,18,21). The average Bonchev–Trinajstić information content (AvgIpc) is 2.38. The minimum absolute atomic E-state index is 0.0612. The highest BCUT2D eigenvalue weighted by Crippen LogP contribution is 2.20. The number of carbonyl (C=O) groups is 2. The van der Waals surface area contributed by atoms with Crippen molar-refractivity contribution >= 4 is 33.6 Å². The van der Waals surface area contributed by atoms with Crippen LogP contribution < -0.4 is 10.6 Å². The average molecular weight is 357 g/mol. The molecule has 1 aromatic carbocycles. The topological polar surface area (TPSA) is 78.4 Å². The smallest absolute Gasteiger partial charge is 0.335 e. The molecule has 116 valence electrons. The van der Waals surface area contributed by atoms with Crippen LogP contribution in [-0.2, 0) is 0 Å². The summed E-state index contributed by atoms with van der Waals surface area (Å²) in [6, 6.07) is 4.30. The summed E-state index contributed by atoms with van der Waals surface area (Å²) in [5, 5.41) is 14.6. The molecular formula is C15H21BrN2O3. The molecule has 0 aliphatic carbocycles. The van der Waals surface area contributed by atoms with Gasteiger partial charge in [0.25, 0.3) is 0 Å². The summed E-state index contributed by atoms with van der Waals surface area (Å²) >= 11 is 3.23. The summed E-state index contributed by atoms with van der Waals surface area (Å²) in [6.45, 7) is 6.16. The summed E-state index contributed by atoms with van der Waals surface area (Å²) < 4.78 is 0.603. The van der Waals surface area contributed by atoms with Crippen molar-refractivity contribution in [3.05, 3.63) is 28.2 Å². The summed E-state index contributed by atoms with van der Waals surface area (Å²) in [5.74, 6) is -0.613. The molecule has 1 atom stereocenters. The number of aromatic carboxylic acids is 1. The molecule has 3 N–H and O–H groups in total. The van der Waals surface area contributed by atoms with E-state index in [9.17, 15) is 9.59 Å². The predicted octanol–water partition coefficient (Wildman–Crippen LogP) is 4.09. The highest BCUT2D eigenvalue weighted by Gasteiger charge is 2.16. The second kappa shape index (κ2) is 8.02. The molecule has 1 rings (SSSR count). The first-order chi connectivity index (χ1) is 9.87. The van der Waals surface area contributed by atoms with E-state index < -0.39 is 5.97 Å². The molecule has 6 heteroatoms. The molecule has 0 heterocycles. The van der Waals surface area contributed by atoms with Crippen LogP contribution in [0.3, 0.4) is 0 Å². The third-order valence-electron chi connectivity index (χ3n) is 3.52. The number of halogens is 1. The molecule has 0 aliphatic rings. The van der Waals surface area contributed by atoms with E-state index in [4.69, 9.17) is 5.11 Å². The first-order valence-corrected chi connectivity index (χ1v) is 7.78. The second-order valence-corrected chi connectivity index (χ2v) is 5.91. The molecule has 5 nitrogen and oxygen atoms in total. The fourth-order valence-corrected chi connectivity index (χ4v) is 2.77. The van der Waals surface area contributed by atoms with E-state index >= 15 is 0 Å². The van der Waals surface area contributed by atoms with Crippen molar-refractivity contribution in [2.75, 3.05) is 5.32 Å². The zero-order valence-corrected chi connectivity index (χ0v) is 14.0. The maximum atomic E-state index is 12.0. The molecule has 0 bridgehead atoms. The van der Waals surface area contributed by atoms with Crippen LogP contribution in [0, 0.1) is 5.92 Å². The van der Waals surface area contributed by atoms with Gasteiger partial charge in [0.2, 0.25) is 0 Å². The molecule has 1 unspecified atom stereocenters. The number of carboxylic acids is 1. The van der Waals surface area contributed by atoms with Crippen molar-refractivity contribution in [3.63, 3.8) is 0 Å². The molecule has 0 saturated heterocycles. The molecule has 21 heavy (non-hydrogen) atoms. The minimum Gasteiger partial charge on any atom is -0.478 e. The number of benzene rings is 1. The Labute approximate surface area is 133 Å². The maximum Gasteiger partial charge on any atom is 0.335 e. The maximum absolute atomic E-state index is 12.0. The lowest BCUT2D eigenvalue weighted by atomic mass is 9.96. The number of urea groups is 1. The summed E-state index contributed by atoms with van der Waals surface area (Å²) in [6.07, 6.45) is 2.00. The van der Waals surface area contributed by atoms with E-state index in [1.54, 1.807) is 6.07 Å². The van der Waals surface area contributed by atoms with Crippen LogP contribution >= 0.6 is 15.9 Å². The van der Waals surface area contributed by atoms with Crippen LogP contribution in [0.1, 0.15) is 44.0 Å². The molecular weight excluding hydrogens is 336 g/mol. The number of carboxylic acid groups (broad SMARTS) is 1. The van der Waals surface area contributed by atoms with Gasteiger partial charge in [-0.1, -0.05) is 42.6 Å². The van der Waals surface area contributed by atoms with Gasteiger partial charge in [-0.15, -0.1) is 0 Å². The lowest BCUT2D eigenvalue weighted by Gasteiger charge is -2.22. The van der Waals surface area contributed by atoms with E-state index in [-0.39, 0.29) is 17.6 Å². The van der Waals surface area contributed by atoms with E-state index in [0.717, 1.165) is 12.8 Å². The normalized spacial score (nSPS) is 12.0. The number of amides is 2. The van der Waals surface area contributed by atoms with Gasteiger partial charge in [0, 0.05) is 16.2 Å². The van der Waals surface area contributed by atoms with Gasteiger partial charge >= 0.3 is 12.0 Å². The zero-order valence-electron chi connectivity index (χ0n) is 12.4. The van der Waals surface area contributed by atoms with Gasteiger partial charge in [-0.25, -0.2) is 9.59 Å². The van der Waals surface area contributed by atoms with Crippen molar-refractivity contribution in [3.8, 4) is 0 Å². The summed E-state index contributed by atoms with van der Waals surface area (Å²) in [5.41, 5.74) is 0.559. The van der Waals surface area contributed by atoms with E-state index in [2.05, 4.69) is 40.4 Å². The van der Waals surface area contributed by atoms with Gasteiger partial charge in [0.1, 0.15) is 0 Å². The Kier molecular flexibility index (Phi) is 6.68. The van der Waals surface area contributed by atoms with Crippen molar-refractivity contribution < 1.29 is 14.7 Å². The highest BCUT2D eigenvalue weighted by molar-refractivity contribution is 9.10. The first-order valence-electron chi connectivity index (χ1n) is 6.98. The van der Waals surface area contributed by atoms with E-state index in [1.807, 2.05) is 6.92 Å². The van der Waals surface area contributed by atoms with E-state index in [0.29, 0.717) is 16.1 Å². The lowest BCUT2D eigenvalue weighted by molar-refractivity contribution is 0.0697. The van der Waals surface area contributed by atoms with Crippen molar-refractivity contribution in [1.82, 2.24) is 5.32 Å². The lowest BCUT2D eigenvalue weighted by Crippen LogP contribution is -2.40. The Morgan fingerprint density at radius 3 is 2.38 bits per heavy atom. The fraction of sp³-hybridized carbons (Fsp3) is 0.467. The number of hydrogen-bond acceptors (Lipinski definition) is 2. The molecule has 0 aliphatic heterocycles. The number of hydrogen-bond donors (Lipinski definition) is 3. The third-order valence-corrected chi connectivity index (χ3v) is 3.98. The summed E-state index contributed by atoms with van der Waals surface area (Å²) in [4.78, 5) is 23.0. The zero-order chi connectivity index (χ0) is 16.0. The molecule has 0 spiro atoms. The van der Waals surface area contributed by atoms with Crippen molar-refractivity contribution in [2.45, 2.75) is 39.7 Å². The Morgan fingerprint density at radius 1 is 1.24 bits per heavy atom. The quantitative estimate of drug-likeness (QED) is 0.717. The van der Waals surface area contributed by atoms with Gasteiger partial charge in [-0.2, -0.15) is 0 Å². The van der Waals surface area contributed by atoms with Crippen LogP contribution in [0.5, 0.6) is 0 Å². The molecule has 0 saturated carbocycles. The molecule has 0 aromatic heterocycles. The van der Waals surface area contributed by atoms with Gasteiger partial charge in [-0.3, -0.25) is 0 Å². The minimum atomic E-state index is -1.04. The van der Waals surface area contributed by atoms with E-state index in [1.165, 1.54) is 12.1 Å². The van der Waals surface area contributed by atoms with Gasteiger partial charge in [0.15, 0.2) is 0 Å². The third kappa shape index (κ3) is 5.38. The monoisotopic (exact) mass is 356 g/mol. The van der Waals surface area contributed by atoms with Crippen LogP contribution in [0.2, 0.25) is 0 Å². The Balaban J connectivity index is 2.73. The van der Waals surface area contributed by atoms with Crippen molar-refractivity contribution in [2.24, 2.45) is 5.92 Å². The fourth-order valence-electron chi connectivity index (χ4n) is 2.27. The number of anilines is 1. The van der Waals surface area contributed by atoms with Crippen LogP contribution in [0.25, 0.3) is 0 Å². The van der Waals surface area contributed by atoms with Crippen molar-refractivity contribution in [1.29, 1.82) is 0 Å². The molecule has 2 amide bonds. The molecule has 0 radical (unpaired) electrons.